The van der Waals surface area contributed by atoms with Crippen LogP contribution >= 0.6 is 0 Å². The van der Waals surface area contributed by atoms with Gasteiger partial charge in [0.05, 0.1) is 25.8 Å². The van der Waals surface area contributed by atoms with Crippen LogP contribution in [0.3, 0.4) is 0 Å². The Balaban J connectivity index is 2.54. The van der Waals surface area contributed by atoms with Crippen molar-refractivity contribution >= 4 is 5.91 Å². The zero-order valence-electron chi connectivity index (χ0n) is 12.2. The second-order valence-electron chi connectivity index (χ2n) is 4.87. The first-order chi connectivity index (χ1) is 9.58. The maximum absolute atomic E-state index is 12.0. The summed E-state index contributed by atoms with van der Waals surface area (Å²) in [7, 11) is 0. The number of aliphatic hydroxyl groups excluding tert-OH is 2. The number of hydrogen-bond acceptors (Lipinski definition) is 4. The Morgan fingerprint density at radius 3 is 2.40 bits per heavy atom. The van der Waals surface area contributed by atoms with Crippen LogP contribution in [0.2, 0.25) is 0 Å². The van der Waals surface area contributed by atoms with E-state index >= 15 is 0 Å². The van der Waals surface area contributed by atoms with Gasteiger partial charge in [0.2, 0.25) is 5.91 Å². The number of benzene rings is 1. The first kappa shape index (κ1) is 16.6. The normalized spacial score (nSPS) is 12.4. The second-order valence-corrected chi connectivity index (χ2v) is 4.87. The molecule has 0 aliphatic heterocycles. The van der Waals surface area contributed by atoms with Gasteiger partial charge < -0.3 is 15.5 Å². The molecular formula is C15H24N2O3. The molecule has 0 aliphatic rings. The summed E-state index contributed by atoms with van der Waals surface area (Å²) in [5, 5.41) is 20.8. The van der Waals surface area contributed by atoms with E-state index in [1.165, 1.54) is 0 Å². The summed E-state index contributed by atoms with van der Waals surface area (Å²) in [6, 6.07) is 7.88. The lowest BCUT2D eigenvalue weighted by molar-refractivity contribution is -0.123. The largest absolute Gasteiger partial charge is 0.395 e. The van der Waals surface area contributed by atoms with Crippen LogP contribution in [0.5, 0.6) is 0 Å². The molecule has 1 atom stereocenters. The standard InChI is InChI=1S/C15H24N2O3/c1-12-5-3-4-6-14(12)13(2)16-15(20)11-17(7-9-18)8-10-19/h3-6,13,18-19H,7-11H2,1-2H3,(H,16,20). The van der Waals surface area contributed by atoms with E-state index in [4.69, 9.17) is 10.2 Å². The van der Waals surface area contributed by atoms with Crippen LogP contribution in [0, 0.1) is 6.92 Å². The number of aryl methyl sites for hydroxylation is 1. The number of carbonyl (C=O) groups excluding carboxylic acids is 1. The molecule has 112 valence electrons. The van der Waals surface area contributed by atoms with Crippen molar-refractivity contribution < 1.29 is 15.0 Å². The van der Waals surface area contributed by atoms with Crippen molar-refractivity contribution in [2.45, 2.75) is 19.9 Å². The van der Waals surface area contributed by atoms with Gasteiger partial charge in [-0.05, 0) is 25.0 Å². The molecule has 1 unspecified atom stereocenters. The van der Waals surface area contributed by atoms with Crippen LogP contribution in [-0.4, -0.2) is 53.9 Å². The van der Waals surface area contributed by atoms with E-state index in [1.54, 1.807) is 4.90 Å². The Morgan fingerprint density at radius 2 is 1.85 bits per heavy atom. The summed E-state index contributed by atoms with van der Waals surface area (Å²) in [6.45, 7) is 4.85. The third-order valence-corrected chi connectivity index (χ3v) is 3.23. The van der Waals surface area contributed by atoms with E-state index < -0.39 is 0 Å². The summed E-state index contributed by atoms with van der Waals surface area (Å²) in [4.78, 5) is 13.7. The minimum absolute atomic E-state index is 0.0272. The van der Waals surface area contributed by atoms with Crippen LogP contribution in [0.15, 0.2) is 24.3 Å². The van der Waals surface area contributed by atoms with Crippen molar-refractivity contribution in [3.63, 3.8) is 0 Å². The molecular weight excluding hydrogens is 256 g/mol. The molecule has 0 saturated carbocycles. The zero-order chi connectivity index (χ0) is 15.0. The number of amides is 1. The highest BCUT2D eigenvalue weighted by Gasteiger charge is 2.14. The highest BCUT2D eigenvalue weighted by Crippen LogP contribution is 2.16. The highest BCUT2D eigenvalue weighted by molar-refractivity contribution is 5.78. The maximum atomic E-state index is 12.0. The number of aliphatic hydroxyl groups is 2. The maximum Gasteiger partial charge on any atom is 0.234 e. The lowest BCUT2D eigenvalue weighted by Gasteiger charge is -2.22. The molecule has 3 N–H and O–H groups in total. The fourth-order valence-corrected chi connectivity index (χ4v) is 2.19. The van der Waals surface area contributed by atoms with E-state index in [9.17, 15) is 4.79 Å². The molecule has 1 rings (SSSR count). The van der Waals surface area contributed by atoms with Crippen molar-refractivity contribution in [3.05, 3.63) is 35.4 Å². The average molecular weight is 280 g/mol. The van der Waals surface area contributed by atoms with Gasteiger partial charge in [-0.3, -0.25) is 9.69 Å². The third-order valence-electron chi connectivity index (χ3n) is 3.23. The van der Waals surface area contributed by atoms with Crippen molar-refractivity contribution in [2.75, 3.05) is 32.8 Å². The lowest BCUT2D eigenvalue weighted by Crippen LogP contribution is -2.40. The Morgan fingerprint density at radius 1 is 1.25 bits per heavy atom. The molecule has 0 bridgehead atoms. The Kier molecular flexibility index (Phi) is 7.22. The summed E-state index contributed by atoms with van der Waals surface area (Å²) in [5.74, 6) is -0.109. The smallest absolute Gasteiger partial charge is 0.234 e. The quantitative estimate of drug-likeness (QED) is 0.647. The van der Waals surface area contributed by atoms with Crippen LogP contribution in [0.1, 0.15) is 24.1 Å². The van der Waals surface area contributed by atoms with E-state index in [1.807, 2.05) is 38.1 Å². The molecule has 1 amide bonds. The first-order valence-corrected chi connectivity index (χ1v) is 6.87. The molecule has 0 heterocycles. The number of carbonyl (C=O) groups is 1. The molecule has 0 spiro atoms. The molecule has 0 aliphatic carbocycles. The van der Waals surface area contributed by atoms with Crippen LogP contribution in [0.4, 0.5) is 0 Å². The van der Waals surface area contributed by atoms with E-state index in [0.717, 1.165) is 11.1 Å². The van der Waals surface area contributed by atoms with Crippen molar-refractivity contribution in [1.29, 1.82) is 0 Å². The Hall–Kier alpha value is -1.43. The van der Waals surface area contributed by atoms with Gasteiger partial charge in [-0.1, -0.05) is 24.3 Å². The van der Waals surface area contributed by atoms with E-state index in [0.29, 0.717) is 13.1 Å². The average Bonchev–Trinajstić information content (AvgIpc) is 2.39. The number of nitrogens with zero attached hydrogens (tertiary/aromatic N) is 1. The molecule has 5 nitrogen and oxygen atoms in total. The predicted molar refractivity (Wildman–Crippen MR) is 78.3 cm³/mol. The monoisotopic (exact) mass is 280 g/mol. The van der Waals surface area contributed by atoms with Gasteiger partial charge >= 0.3 is 0 Å². The van der Waals surface area contributed by atoms with Gasteiger partial charge in [0.1, 0.15) is 0 Å². The van der Waals surface area contributed by atoms with Gasteiger partial charge in [-0.15, -0.1) is 0 Å². The van der Waals surface area contributed by atoms with E-state index in [2.05, 4.69) is 5.32 Å². The first-order valence-electron chi connectivity index (χ1n) is 6.87. The fourth-order valence-electron chi connectivity index (χ4n) is 2.19. The summed E-state index contributed by atoms with van der Waals surface area (Å²) in [6.07, 6.45) is 0. The van der Waals surface area contributed by atoms with Gasteiger partial charge in [-0.2, -0.15) is 0 Å². The van der Waals surface area contributed by atoms with Gasteiger partial charge in [0.15, 0.2) is 0 Å². The lowest BCUT2D eigenvalue weighted by atomic mass is 10.0. The predicted octanol–water partition coefficient (Wildman–Crippen LogP) is 0.459. The number of nitrogens with one attached hydrogen (secondary N) is 1. The molecule has 0 saturated heterocycles. The number of hydrogen-bond donors (Lipinski definition) is 3. The van der Waals surface area contributed by atoms with Crippen molar-refractivity contribution in [2.24, 2.45) is 0 Å². The SMILES string of the molecule is Cc1ccccc1C(C)NC(=O)CN(CCO)CCO. The van der Waals surface area contributed by atoms with Crippen molar-refractivity contribution in [1.82, 2.24) is 10.2 Å². The minimum atomic E-state index is -0.109. The molecule has 1 aromatic carbocycles. The summed E-state index contributed by atoms with van der Waals surface area (Å²) in [5.41, 5.74) is 2.24. The number of rotatable bonds is 8. The highest BCUT2D eigenvalue weighted by atomic mass is 16.3. The fraction of sp³-hybridized carbons (Fsp3) is 0.533. The van der Waals surface area contributed by atoms with E-state index in [-0.39, 0.29) is 31.7 Å². The van der Waals surface area contributed by atoms with Gasteiger partial charge in [-0.25, -0.2) is 0 Å². The van der Waals surface area contributed by atoms with Gasteiger partial charge in [0.25, 0.3) is 0 Å². The molecule has 20 heavy (non-hydrogen) atoms. The molecule has 0 radical (unpaired) electrons. The Bertz CT molecular complexity index is 417. The topological polar surface area (TPSA) is 72.8 Å². The molecule has 5 heteroatoms. The summed E-state index contributed by atoms with van der Waals surface area (Å²) < 4.78 is 0. The molecule has 0 aromatic heterocycles. The van der Waals surface area contributed by atoms with Crippen LogP contribution in [0.25, 0.3) is 0 Å². The Labute approximate surface area is 120 Å². The van der Waals surface area contributed by atoms with Crippen LogP contribution < -0.4 is 5.32 Å². The summed E-state index contributed by atoms with van der Waals surface area (Å²) >= 11 is 0. The zero-order valence-corrected chi connectivity index (χ0v) is 12.2. The van der Waals surface area contributed by atoms with Crippen molar-refractivity contribution in [3.8, 4) is 0 Å². The van der Waals surface area contributed by atoms with Crippen LogP contribution in [-0.2, 0) is 4.79 Å². The third kappa shape index (κ3) is 5.28. The van der Waals surface area contributed by atoms with Gasteiger partial charge in [0, 0.05) is 13.1 Å². The second kappa shape index (κ2) is 8.68. The minimum Gasteiger partial charge on any atom is -0.395 e. The molecule has 0 fully saturated rings. The molecule has 1 aromatic rings.